The van der Waals surface area contributed by atoms with Gasteiger partial charge in [0.25, 0.3) is 0 Å². The third-order valence-electron chi connectivity index (χ3n) is 5.57. The van der Waals surface area contributed by atoms with Crippen molar-refractivity contribution in [3.8, 4) is 16.9 Å². The number of hydrogen-bond donors (Lipinski definition) is 0. The Kier molecular flexibility index (Phi) is 6.47. The number of benzene rings is 2. The Morgan fingerprint density at radius 3 is 2.38 bits per heavy atom. The first-order valence-corrected chi connectivity index (χ1v) is 10.9. The third-order valence-corrected chi connectivity index (χ3v) is 5.82. The standard InChI is InChI=1S/C24H23ClN6O3/c1-16-24(31(33)34)17(2)29(26-16)15-22(32)28(3)13-19-14-30(21-7-5-4-6-8-21)27-23(19)18-9-11-20(25)12-10-18/h4-12,14H,13,15H2,1-3H3. The molecule has 0 atom stereocenters. The number of carbonyl (C=O) groups is 1. The van der Waals surface area contributed by atoms with E-state index in [-0.39, 0.29) is 23.8 Å². The van der Waals surface area contributed by atoms with Crippen LogP contribution in [0.4, 0.5) is 5.69 Å². The van der Waals surface area contributed by atoms with Gasteiger partial charge >= 0.3 is 5.69 Å². The summed E-state index contributed by atoms with van der Waals surface area (Å²) in [6.45, 7) is 3.35. The van der Waals surface area contributed by atoms with Crippen LogP contribution in [0.15, 0.2) is 60.8 Å². The van der Waals surface area contributed by atoms with Crippen LogP contribution in [0.5, 0.6) is 0 Å². The molecule has 34 heavy (non-hydrogen) atoms. The van der Waals surface area contributed by atoms with Gasteiger partial charge in [0.1, 0.15) is 17.9 Å². The largest absolute Gasteiger partial charge is 0.340 e. The number of aromatic nitrogens is 4. The minimum atomic E-state index is -0.473. The first kappa shape index (κ1) is 23.2. The van der Waals surface area contributed by atoms with Crippen LogP contribution < -0.4 is 0 Å². The lowest BCUT2D eigenvalue weighted by molar-refractivity contribution is -0.386. The molecule has 0 aliphatic carbocycles. The molecule has 0 aliphatic heterocycles. The summed E-state index contributed by atoms with van der Waals surface area (Å²) in [6, 6.07) is 17.1. The number of rotatable bonds is 7. The fourth-order valence-electron chi connectivity index (χ4n) is 3.79. The lowest BCUT2D eigenvalue weighted by atomic mass is 10.1. The van der Waals surface area contributed by atoms with Crippen LogP contribution in [0.3, 0.4) is 0 Å². The van der Waals surface area contributed by atoms with Gasteiger partial charge in [-0.1, -0.05) is 41.9 Å². The smallest absolute Gasteiger partial charge is 0.312 e. The number of nitro groups is 1. The van der Waals surface area contributed by atoms with Crippen LogP contribution in [0.1, 0.15) is 17.0 Å². The molecule has 0 spiro atoms. The van der Waals surface area contributed by atoms with Crippen LogP contribution >= 0.6 is 11.6 Å². The molecule has 1 amide bonds. The molecular formula is C24H23ClN6O3. The number of aryl methyl sites for hydroxylation is 1. The van der Waals surface area contributed by atoms with Crippen molar-refractivity contribution in [2.24, 2.45) is 0 Å². The van der Waals surface area contributed by atoms with E-state index in [1.807, 2.05) is 48.7 Å². The maximum absolute atomic E-state index is 13.0. The summed E-state index contributed by atoms with van der Waals surface area (Å²) in [6.07, 6.45) is 1.90. The molecule has 2 aromatic carbocycles. The molecular weight excluding hydrogens is 456 g/mol. The molecule has 0 fully saturated rings. The van der Waals surface area contributed by atoms with E-state index in [4.69, 9.17) is 16.7 Å². The highest BCUT2D eigenvalue weighted by Crippen LogP contribution is 2.27. The normalized spacial score (nSPS) is 10.9. The maximum atomic E-state index is 13.0. The number of para-hydroxylation sites is 1. The molecule has 4 aromatic rings. The predicted octanol–water partition coefficient (Wildman–Crippen LogP) is 4.57. The Morgan fingerprint density at radius 1 is 1.09 bits per heavy atom. The number of amides is 1. The van der Waals surface area contributed by atoms with E-state index in [1.54, 1.807) is 42.6 Å². The molecule has 174 valence electrons. The van der Waals surface area contributed by atoms with Crippen LogP contribution in [0, 0.1) is 24.0 Å². The zero-order chi connectivity index (χ0) is 24.4. The van der Waals surface area contributed by atoms with E-state index < -0.39 is 4.92 Å². The van der Waals surface area contributed by atoms with Gasteiger partial charge in [-0.25, -0.2) is 4.68 Å². The Morgan fingerprint density at radius 2 is 1.76 bits per heavy atom. The lowest BCUT2D eigenvalue weighted by Crippen LogP contribution is -2.30. The average molecular weight is 479 g/mol. The molecule has 0 saturated carbocycles. The summed E-state index contributed by atoms with van der Waals surface area (Å²) < 4.78 is 3.15. The summed E-state index contributed by atoms with van der Waals surface area (Å²) in [7, 11) is 1.69. The van der Waals surface area contributed by atoms with Crippen LogP contribution in [-0.4, -0.2) is 42.3 Å². The van der Waals surface area contributed by atoms with Gasteiger partial charge < -0.3 is 4.90 Å². The summed E-state index contributed by atoms with van der Waals surface area (Å²) in [5, 5.41) is 20.8. The highest BCUT2D eigenvalue weighted by Gasteiger charge is 2.24. The molecule has 10 heteroatoms. The fraction of sp³-hybridized carbons (Fsp3) is 0.208. The summed E-state index contributed by atoms with van der Waals surface area (Å²) >= 11 is 6.06. The zero-order valence-corrected chi connectivity index (χ0v) is 19.7. The van der Waals surface area contributed by atoms with Crippen molar-refractivity contribution < 1.29 is 9.72 Å². The van der Waals surface area contributed by atoms with Crippen molar-refractivity contribution in [1.82, 2.24) is 24.5 Å². The predicted molar refractivity (Wildman–Crippen MR) is 129 cm³/mol. The fourth-order valence-corrected chi connectivity index (χ4v) is 3.91. The van der Waals surface area contributed by atoms with Crippen molar-refractivity contribution in [3.63, 3.8) is 0 Å². The van der Waals surface area contributed by atoms with Gasteiger partial charge in [0, 0.05) is 35.9 Å². The van der Waals surface area contributed by atoms with E-state index in [1.165, 1.54) is 4.68 Å². The highest BCUT2D eigenvalue weighted by atomic mass is 35.5. The number of likely N-dealkylation sites (N-methyl/N-ethyl adjacent to an activating group) is 1. The Bertz CT molecular complexity index is 1350. The van der Waals surface area contributed by atoms with Crippen LogP contribution in [0.25, 0.3) is 16.9 Å². The van der Waals surface area contributed by atoms with Gasteiger partial charge in [0.2, 0.25) is 5.91 Å². The number of hydrogen-bond acceptors (Lipinski definition) is 5. The van der Waals surface area contributed by atoms with Crippen molar-refractivity contribution in [3.05, 3.63) is 92.9 Å². The monoisotopic (exact) mass is 478 g/mol. The van der Waals surface area contributed by atoms with Gasteiger partial charge in [-0.3, -0.25) is 19.6 Å². The highest BCUT2D eigenvalue weighted by molar-refractivity contribution is 6.30. The van der Waals surface area contributed by atoms with Gasteiger partial charge in [0.05, 0.1) is 16.3 Å². The molecule has 0 aliphatic rings. The third kappa shape index (κ3) is 4.69. The molecule has 0 radical (unpaired) electrons. The van der Waals surface area contributed by atoms with Crippen molar-refractivity contribution in [1.29, 1.82) is 0 Å². The molecule has 0 N–H and O–H groups in total. The minimum absolute atomic E-state index is 0.0652. The maximum Gasteiger partial charge on any atom is 0.312 e. The van der Waals surface area contributed by atoms with E-state index in [0.717, 1.165) is 22.5 Å². The van der Waals surface area contributed by atoms with Crippen molar-refractivity contribution in [2.45, 2.75) is 26.9 Å². The summed E-state index contributed by atoms with van der Waals surface area (Å²) in [5.41, 5.74) is 3.93. The van der Waals surface area contributed by atoms with Gasteiger partial charge in [-0.15, -0.1) is 0 Å². The Balaban J connectivity index is 1.61. The number of carbonyl (C=O) groups excluding carboxylic acids is 1. The molecule has 9 nitrogen and oxygen atoms in total. The number of nitrogens with zero attached hydrogens (tertiary/aromatic N) is 6. The van der Waals surface area contributed by atoms with E-state index in [0.29, 0.717) is 17.3 Å². The second-order valence-corrected chi connectivity index (χ2v) is 8.41. The van der Waals surface area contributed by atoms with Crippen LogP contribution in [-0.2, 0) is 17.9 Å². The first-order valence-electron chi connectivity index (χ1n) is 10.6. The van der Waals surface area contributed by atoms with Gasteiger partial charge in [0.15, 0.2) is 0 Å². The molecule has 2 heterocycles. The second kappa shape index (κ2) is 9.48. The molecule has 2 aromatic heterocycles. The zero-order valence-electron chi connectivity index (χ0n) is 19.0. The average Bonchev–Trinajstić information content (AvgIpc) is 3.35. The lowest BCUT2D eigenvalue weighted by Gasteiger charge is -2.17. The van der Waals surface area contributed by atoms with E-state index in [2.05, 4.69) is 5.10 Å². The van der Waals surface area contributed by atoms with E-state index >= 15 is 0 Å². The topological polar surface area (TPSA) is 99.1 Å². The quantitative estimate of drug-likeness (QED) is 0.286. The van der Waals surface area contributed by atoms with E-state index in [9.17, 15) is 14.9 Å². The van der Waals surface area contributed by atoms with Crippen molar-refractivity contribution in [2.75, 3.05) is 7.05 Å². The SMILES string of the molecule is Cc1nn(CC(=O)N(C)Cc2cn(-c3ccccc3)nc2-c2ccc(Cl)cc2)c(C)c1[N+](=O)[O-]. The molecule has 0 bridgehead atoms. The van der Waals surface area contributed by atoms with Crippen LogP contribution in [0.2, 0.25) is 5.02 Å². The molecule has 0 saturated heterocycles. The summed E-state index contributed by atoms with van der Waals surface area (Å²) in [4.78, 5) is 25.3. The Labute approximate surface area is 201 Å². The molecule has 4 rings (SSSR count). The second-order valence-electron chi connectivity index (χ2n) is 7.97. The molecule has 0 unspecified atom stereocenters. The van der Waals surface area contributed by atoms with Crippen molar-refractivity contribution >= 4 is 23.2 Å². The minimum Gasteiger partial charge on any atom is -0.340 e. The summed E-state index contributed by atoms with van der Waals surface area (Å²) in [5.74, 6) is -0.227. The van der Waals surface area contributed by atoms with Gasteiger partial charge in [-0.2, -0.15) is 10.2 Å². The first-order chi connectivity index (χ1) is 16.2. The number of halogens is 1. The Hall–Kier alpha value is -3.98. The van der Waals surface area contributed by atoms with Gasteiger partial charge in [-0.05, 0) is 38.1 Å².